The maximum absolute atomic E-state index is 12.1. The van der Waals surface area contributed by atoms with Crippen molar-refractivity contribution >= 4 is 68.7 Å². The Bertz CT molecular complexity index is 957. The van der Waals surface area contributed by atoms with Crippen LogP contribution in [0.25, 0.3) is 0 Å². The Morgan fingerprint density at radius 2 is 1.89 bits per heavy atom. The van der Waals surface area contributed by atoms with Gasteiger partial charge in [-0.2, -0.15) is 0 Å². The molecule has 0 bridgehead atoms. The minimum atomic E-state index is -0.169. The van der Waals surface area contributed by atoms with Crippen molar-refractivity contribution in [3.05, 3.63) is 57.6 Å². The highest BCUT2D eigenvalue weighted by molar-refractivity contribution is 8.01. The second-order valence-corrected chi connectivity index (χ2v) is 8.81. The first-order valence-electron chi connectivity index (χ1n) is 7.96. The Morgan fingerprint density at radius 1 is 1.15 bits per heavy atom. The summed E-state index contributed by atoms with van der Waals surface area (Å²) in [4.78, 5) is 12.1. The third kappa shape index (κ3) is 5.59. The lowest BCUT2D eigenvalue weighted by atomic mass is 10.1. The number of amides is 1. The number of aryl methyl sites for hydroxylation is 1. The molecule has 1 heterocycles. The van der Waals surface area contributed by atoms with Gasteiger partial charge >= 0.3 is 0 Å². The second-order valence-electron chi connectivity index (χ2n) is 5.74. The van der Waals surface area contributed by atoms with E-state index in [2.05, 4.69) is 40.7 Å². The fraction of sp³-hybridized carbons (Fsp3) is 0.167. The molecule has 0 aliphatic carbocycles. The van der Waals surface area contributed by atoms with Crippen LogP contribution in [0.3, 0.4) is 0 Å². The summed E-state index contributed by atoms with van der Waals surface area (Å²) in [7, 11) is 0. The van der Waals surface area contributed by atoms with E-state index < -0.39 is 0 Å². The van der Waals surface area contributed by atoms with Gasteiger partial charge in [0, 0.05) is 21.4 Å². The number of aromatic nitrogens is 2. The van der Waals surface area contributed by atoms with Crippen LogP contribution in [-0.2, 0) is 4.79 Å². The monoisotopic (exact) mass is 438 g/mol. The van der Waals surface area contributed by atoms with Crippen molar-refractivity contribution in [2.45, 2.75) is 18.2 Å². The number of benzene rings is 2. The average molecular weight is 439 g/mol. The van der Waals surface area contributed by atoms with E-state index in [1.807, 2.05) is 12.1 Å². The van der Waals surface area contributed by atoms with Gasteiger partial charge < -0.3 is 10.6 Å². The average Bonchev–Trinajstić information content (AvgIpc) is 3.04. The Labute approximate surface area is 175 Å². The van der Waals surface area contributed by atoms with Gasteiger partial charge in [-0.3, -0.25) is 4.79 Å². The molecule has 0 aliphatic rings. The summed E-state index contributed by atoms with van der Waals surface area (Å²) in [6.07, 6.45) is 0. The molecule has 1 aromatic heterocycles. The van der Waals surface area contributed by atoms with Gasteiger partial charge in [-0.1, -0.05) is 58.4 Å². The summed E-state index contributed by atoms with van der Waals surface area (Å²) in [6.45, 7) is 4.12. The molecule has 9 heteroatoms. The lowest BCUT2D eigenvalue weighted by Gasteiger charge is -2.08. The molecule has 1 amide bonds. The molecule has 2 N–H and O–H groups in total. The number of hydrogen-bond donors (Lipinski definition) is 2. The number of nitrogens with zero attached hydrogens (tertiary/aromatic N) is 2. The first-order chi connectivity index (χ1) is 12.9. The van der Waals surface area contributed by atoms with Gasteiger partial charge in [0.15, 0.2) is 4.34 Å². The van der Waals surface area contributed by atoms with Crippen molar-refractivity contribution in [2.24, 2.45) is 0 Å². The normalized spacial score (nSPS) is 10.7. The summed E-state index contributed by atoms with van der Waals surface area (Å²) >= 11 is 14.6. The number of nitrogens with one attached hydrogen (secondary N) is 2. The molecule has 3 rings (SSSR count). The van der Waals surface area contributed by atoms with Gasteiger partial charge in [0.2, 0.25) is 11.0 Å². The van der Waals surface area contributed by atoms with E-state index in [9.17, 15) is 4.79 Å². The minimum Gasteiger partial charge on any atom is -0.330 e. The fourth-order valence-corrected chi connectivity index (χ4v) is 4.36. The lowest BCUT2D eigenvalue weighted by Crippen LogP contribution is -2.13. The first kappa shape index (κ1) is 19.9. The van der Waals surface area contributed by atoms with Crippen molar-refractivity contribution in [1.82, 2.24) is 10.2 Å². The third-order valence-electron chi connectivity index (χ3n) is 3.73. The summed E-state index contributed by atoms with van der Waals surface area (Å²) < 4.78 is 0.710. The number of carbonyl (C=O) groups is 1. The van der Waals surface area contributed by atoms with Gasteiger partial charge in [-0.05, 0) is 49.2 Å². The van der Waals surface area contributed by atoms with E-state index in [1.165, 1.54) is 34.2 Å². The number of halogens is 2. The third-order valence-corrected chi connectivity index (χ3v) is 6.13. The molecule has 3 aromatic rings. The Balaban J connectivity index is 1.56. The molecule has 2 aromatic carbocycles. The zero-order valence-electron chi connectivity index (χ0n) is 14.5. The molecule has 140 valence electrons. The molecular formula is C18H16Cl2N4OS2. The van der Waals surface area contributed by atoms with Gasteiger partial charge in [0.05, 0.1) is 5.75 Å². The fourth-order valence-electron chi connectivity index (χ4n) is 2.27. The van der Waals surface area contributed by atoms with Crippen LogP contribution in [0.2, 0.25) is 10.0 Å². The highest BCUT2D eigenvalue weighted by Gasteiger charge is 2.10. The molecule has 0 spiro atoms. The number of rotatable bonds is 6. The van der Waals surface area contributed by atoms with Crippen LogP contribution in [-0.4, -0.2) is 21.9 Å². The predicted octanol–water partition coefficient (Wildman–Crippen LogP) is 5.94. The van der Waals surface area contributed by atoms with Gasteiger partial charge in [-0.25, -0.2) is 0 Å². The molecule has 0 radical (unpaired) electrons. The molecule has 0 saturated heterocycles. The Morgan fingerprint density at radius 3 is 2.63 bits per heavy atom. The lowest BCUT2D eigenvalue weighted by molar-refractivity contribution is -0.113. The van der Waals surface area contributed by atoms with E-state index in [0.717, 1.165) is 5.69 Å². The predicted molar refractivity (Wildman–Crippen MR) is 115 cm³/mol. The molecule has 5 nitrogen and oxygen atoms in total. The van der Waals surface area contributed by atoms with Crippen LogP contribution >= 0.6 is 46.3 Å². The minimum absolute atomic E-state index is 0.169. The van der Waals surface area contributed by atoms with E-state index in [0.29, 0.717) is 25.2 Å². The molecule has 0 atom stereocenters. The largest absolute Gasteiger partial charge is 0.330 e. The topological polar surface area (TPSA) is 66.9 Å². The van der Waals surface area contributed by atoms with Crippen LogP contribution in [0.1, 0.15) is 11.1 Å². The second kappa shape index (κ2) is 8.93. The quantitative estimate of drug-likeness (QED) is 0.466. The van der Waals surface area contributed by atoms with Crippen molar-refractivity contribution in [3.63, 3.8) is 0 Å². The van der Waals surface area contributed by atoms with Crippen LogP contribution < -0.4 is 10.6 Å². The summed E-state index contributed by atoms with van der Waals surface area (Å²) in [6, 6.07) is 11.0. The Hall–Kier alpha value is -1.80. The zero-order chi connectivity index (χ0) is 19.4. The van der Waals surface area contributed by atoms with Gasteiger partial charge in [0.1, 0.15) is 0 Å². The number of carbonyl (C=O) groups excluding carboxylic acids is 1. The molecular weight excluding hydrogens is 423 g/mol. The van der Waals surface area contributed by atoms with Crippen molar-refractivity contribution in [2.75, 3.05) is 16.4 Å². The molecule has 0 fully saturated rings. The number of anilines is 3. The van der Waals surface area contributed by atoms with Gasteiger partial charge in [-0.15, -0.1) is 10.2 Å². The maximum Gasteiger partial charge on any atom is 0.234 e. The molecule has 0 saturated carbocycles. The van der Waals surface area contributed by atoms with Gasteiger partial charge in [0.25, 0.3) is 0 Å². The zero-order valence-corrected chi connectivity index (χ0v) is 17.7. The summed E-state index contributed by atoms with van der Waals surface area (Å²) in [5.74, 6) is 0.0416. The van der Waals surface area contributed by atoms with Crippen molar-refractivity contribution in [3.8, 4) is 0 Å². The smallest absolute Gasteiger partial charge is 0.234 e. The van der Waals surface area contributed by atoms with E-state index in [-0.39, 0.29) is 11.7 Å². The standard InChI is InChI=1S/C18H16Cl2N4OS2/c1-10-4-3-5-15(11(10)2)22-17-23-24-18(27-17)26-9-16(25)21-14-7-12(19)6-13(20)8-14/h3-8H,9H2,1-2H3,(H,21,25)(H,22,23). The molecule has 0 aliphatic heterocycles. The van der Waals surface area contributed by atoms with Crippen LogP contribution in [0.4, 0.5) is 16.5 Å². The summed E-state index contributed by atoms with van der Waals surface area (Å²) in [5, 5.41) is 15.9. The SMILES string of the molecule is Cc1cccc(Nc2nnc(SCC(=O)Nc3cc(Cl)cc(Cl)c3)s2)c1C. The Kier molecular flexibility index (Phi) is 6.59. The number of thioether (sulfide) groups is 1. The van der Waals surface area contributed by atoms with E-state index in [1.54, 1.807) is 18.2 Å². The van der Waals surface area contributed by atoms with Crippen molar-refractivity contribution < 1.29 is 4.79 Å². The first-order valence-corrected chi connectivity index (χ1v) is 10.5. The molecule has 27 heavy (non-hydrogen) atoms. The highest BCUT2D eigenvalue weighted by atomic mass is 35.5. The molecule has 0 unspecified atom stereocenters. The number of hydrogen-bond acceptors (Lipinski definition) is 6. The maximum atomic E-state index is 12.1. The van der Waals surface area contributed by atoms with Crippen molar-refractivity contribution in [1.29, 1.82) is 0 Å². The van der Waals surface area contributed by atoms with Crippen LogP contribution in [0, 0.1) is 13.8 Å². The summed E-state index contributed by atoms with van der Waals surface area (Å²) in [5.41, 5.74) is 3.93. The van der Waals surface area contributed by atoms with Crippen LogP contribution in [0.15, 0.2) is 40.7 Å². The van der Waals surface area contributed by atoms with E-state index in [4.69, 9.17) is 23.2 Å². The highest BCUT2D eigenvalue weighted by Crippen LogP contribution is 2.29. The van der Waals surface area contributed by atoms with E-state index >= 15 is 0 Å². The van der Waals surface area contributed by atoms with Crippen LogP contribution in [0.5, 0.6) is 0 Å².